The van der Waals surface area contributed by atoms with E-state index in [1.54, 1.807) is 25.1 Å². The van der Waals surface area contributed by atoms with E-state index < -0.39 is 12.1 Å². The van der Waals surface area contributed by atoms with Gasteiger partial charge in [0.2, 0.25) is 0 Å². The van der Waals surface area contributed by atoms with Gasteiger partial charge in [-0.2, -0.15) is 0 Å². The molecule has 1 heterocycles. The molecule has 0 unspecified atom stereocenters. The number of carbonyl (C=O) groups excluding carboxylic acids is 2. The lowest BCUT2D eigenvalue weighted by Gasteiger charge is -2.19. The van der Waals surface area contributed by atoms with Crippen molar-refractivity contribution in [1.29, 1.82) is 0 Å². The maximum absolute atomic E-state index is 13.4. The number of rotatable bonds is 7. The van der Waals surface area contributed by atoms with Gasteiger partial charge in [-0.25, -0.2) is 9.18 Å². The molecule has 0 saturated heterocycles. The lowest BCUT2D eigenvalue weighted by molar-refractivity contribution is -0.143. The molecule has 3 aromatic carbocycles. The first kappa shape index (κ1) is 22.1. The summed E-state index contributed by atoms with van der Waals surface area (Å²) in [5, 5.41) is 6.44. The van der Waals surface area contributed by atoms with Crippen LogP contribution in [-0.2, 0) is 9.53 Å². The highest BCUT2D eigenvalue weighted by Crippen LogP contribution is 2.26. The molecule has 0 fully saturated rings. The van der Waals surface area contributed by atoms with Gasteiger partial charge in [0, 0.05) is 22.3 Å². The van der Waals surface area contributed by atoms with Crippen LogP contribution >= 0.6 is 0 Å². The predicted molar refractivity (Wildman–Crippen MR) is 126 cm³/mol. The van der Waals surface area contributed by atoms with Crippen molar-refractivity contribution in [3.63, 3.8) is 0 Å². The van der Waals surface area contributed by atoms with Gasteiger partial charge in [0.15, 0.2) is 0 Å². The molecule has 0 aliphatic heterocycles. The number of halogens is 1. The van der Waals surface area contributed by atoms with Gasteiger partial charge in [0.1, 0.15) is 5.82 Å². The van der Waals surface area contributed by atoms with Crippen LogP contribution in [0.2, 0.25) is 0 Å². The third kappa shape index (κ3) is 5.57. The second-order valence-electron chi connectivity index (χ2n) is 7.56. The van der Waals surface area contributed by atoms with E-state index in [0.717, 1.165) is 27.7 Å². The fourth-order valence-corrected chi connectivity index (χ4v) is 3.64. The van der Waals surface area contributed by atoms with Crippen molar-refractivity contribution in [3.8, 4) is 11.3 Å². The normalized spacial score (nSPS) is 11.7. The van der Waals surface area contributed by atoms with Gasteiger partial charge in [-0.3, -0.25) is 4.79 Å². The fourth-order valence-electron chi connectivity index (χ4n) is 3.64. The summed E-state index contributed by atoms with van der Waals surface area (Å²) in [6, 6.07) is 22.1. The Labute approximate surface area is 190 Å². The highest BCUT2D eigenvalue weighted by molar-refractivity contribution is 5.91. The molecule has 7 heteroatoms. The topological polar surface area (TPSA) is 83.2 Å². The Morgan fingerprint density at radius 1 is 1.00 bits per heavy atom. The molecule has 33 heavy (non-hydrogen) atoms. The van der Waals surface area contributed by atoms with Crippen molar-refractivity contribution in [2.45, 2.75) is 19.4 Å². The summed E-state index contributed by atoms with van der Waals surface area (Å²) in [4.78, 5) is 27.9. The summed E-state index contributed by atoms with van der Waals surface area (Å²) in [5.41, 5.74) is 4.02. The summed E-state index contributed by atoms with van der Waals surface area (Å²) in [6.45, 7) is 2.03. The summed E-state index contributed by atoms with van der Waals surface area (Å²) >= 11 is 0. The number of anilines is 1. The molecule has 3 N–H and O–H groups in total. The second kappa shape index (κ2) is 9.99. The van der Waals surface area contributed by atoms with Crippen molar-refractivity contribution >= 4 is 28.6 Å². The molecule has 168 valence electrons. The smallest absolute Gasteiger partial charge is 0.319 e. The molecule has 6 nitrogen and oxygen atoms in total. The van der Waals surface area contributed by atoms with Crippen molar-refractivity contribution in [1.82, 2.24) is 10.3 Å². The molecule has 0 bridgehead atoms. The summed E-state index contributed by atoms with van der Waals surface area (Å²) in [6.07, 6.45) is 0.0329. The molecular weight excluding hydrogens is 421 g/mol. The molecule has 0 saturated carbocycles. The molecule has 4 aromatic rings. The number of fused-ring (bicyclic) bond motifs is 1. The number of H-pyrrole nitrogens is 1. The number of aromatic amines is 1. The van der Waals surface area contributed by atoms with Crippen molar-refractivity contribution < 1.29 is 18.7 Å². The molecule has 0 spiro atoms. The lowest BCUT2D eigenvalue weighted by atomic mass is 10.0. The fraction of sp³-hybridized carbons (Fsp3) is 0.154. The Kier molecular flexibility index (Phi) is 6.69. The van der Waals surface area contributed by atoms with E-state index in [4.69, 9.17) is 4.74 Å². The van der Waals surface area contributed by atoms with Gasteiger partial charge in [0.05, 0.1) is 19.1 Å². The van der Waals surface area contributed by atoms with E-state index in [1.807, 2.05) is 48.5 Å². The molecule has 1 atom stereocenters. The zero-order valence-corrected chi connectivity index (χ0v) is 18.1. The van der Waals surface area contributed by atoms with Crippen molar-refractivity contribution in [2.24, 2.45) is 0 Å². The maximum atomic E-state index is 13.4. The predicted octanol–water partition coefficient (Wildman–Crippen LogP) is 5.79. The lowest BCUT2D eigenvalue weighted by Crippen LogP contribution is -2.34. The maximum Gasteiger partial charge on any atom is 0.319 e. The van der Waals surface area contributed by atoms with Crippen LogP contribution in [0.5, 0.6) is 0 Å². The number of nitrogens with one attached hydrogen (secondary N) is 3. The van der Waals surface area contributed by atoms with E-state index in [0.29, 0.717) is 5.69 Å². The third-order valence-corrected chi connectivity index (χ3v) is 5.22. The third-order valence-electron chi connectivity index (χ3n) is 5.22. The van der Waals surface area contributed by atoms with Gasteiger partial charge < -0.3 is 20.4 Å². The van der Waals surface area contributed by atoms with Crippen LogP contribution < -0.4 is 10.6 Å². The second-order valence-corrected chi connectivity index (χ2v) is 7.56. The van der Waals surface area contributed by atoms with Crippen LogP contribution in [0.25, 0.3) is 22.2 Å². The number of amides is 2. The first-order valence-corrected chi connectivity index (χ1v) is 10.7. The van der Waals surface area contributed by atoms with Crippen LogP contribution in [0, 0.1) is 5.82 Å². The van der Waals surface area contributed by atoms with Gasteiger partial charge in [-0.1, -0.05) is 42.5 Å². The molecular formula is C26H24FN3O3. The van der Waals surface area contributed by atoms with Gasteiger partial charge in [-0.05, 0) is 54.4 Å². The van der Waals surface area contributed by atoms with Gasteiger partial charge >= 0.3 is 12.0 Å². The van der Waals surface area contributed by atoms with Crippen LogP contribution in [-0.4, -0.2) is 23.6 Å². The zero-order valence-electron chi connectivity index (χ0n) is 18.1. The minimum absolute atomic E-state index is 0.0329. The van der Waals surface area contributed by atoms with Crippen molar-refractivity contribution in [3.05, 3.63) is 90.2 Å². The van der Waals surface area contributed by atoms with E-state index in [-0.39, 0.29) is 24.8 Å². The van der Waals surface area contributed by atoms with Gasteiger partial charge in [0.25, 0.3) is 0 Å². The number of hydrogen-bond acceptors (Lipinski definition) is 3. The van der Waals surface area contributed by atoms with Crippen LogP contribution in [0.15, 0.2) is 78.9 Å². The molecule has 1 aromatic heterocycles. The molecule has 0 aliphatic rings. The summed E-state index contributed by atoms with van der Waals surface area (Å²) in [5.74, 6) is -0.662. The minimum Gasteiger partial charge on any atom is -0.466 e. The van der Waals surface area contributed by atoms with Crippen LogP contribution in [0.1, 0.15) is 24.9 Å². The number of urea groups is 1. The number of ether oxygens (including phenoxy) is 1. The number of hydrogen-bond donors (Lipinski definition) is 3. The quantitative estimate of drug-likeness (QED) is 0.315. The molecule has 4 rings (SSSR count). The van der Waals surface area contributed by atoms with Crippen LogP contribution in [0.4, 0.5) is 14.9 Å². The molecule has 2 amide bonds. The standard InChI is InChI=1S/C26H24FN3O3/c1-2-33-25(31)16-24(17-6-4-3-5-7-17)30-26(32)28-21-11-8-18(9-12-21)23-15-19-14-20(27)10-13-22(19)29-23/h3-15,24,29H,2,16H2,1H3,(H2,28,30,32)/t24-/m0/s1. The van der Waals surface area contributed by atoms with E-state index in [2.05, 4.69) is 15.6 Å². The molecule has 0 aliphatic carbocycles. The average Bonchev–Trinajstić information content (AvgIpc) is 3.23. The van der Waals surface area contributed by atoms with E-state index in [1.165, 1.54) is 12.1 Å². The summed E-state index contributed by atoms with van der Waals surface area (Å²) < 4.78 is 18.5. The molecule has 0 radical (unpaired) electrons. The largest absolute Gasteiger partial charge is 0.466 e. The average molecular weight is 445 g/mol. The SMILES string of the molecule is CCOC(=O)C[C@H](NC(=O)Nc1ccc(-c2cc3cc(F)ccc3[nH]2)cc1)c1ccccc1. The van der Waals surface area contributed by atoms with E-state index in [9.17, 15) is 14.0 Å². The number of esters is 1. The highest BCUT2D eigenvalue weighted by Gasteiger charge is 2.19. The van der Waals surface area contributed by atoms with E-state index >= 15 is 0 Å². The Bertz CT molecular complexity index is 1250. The zero-order chi connectivity index (χ0) is 23.2. The number of aromatic nitrogens is 1. The summed E-state index contributed by atoms with van der Waals surface area (Å²) in [7, 11) is 0. The first-order valence-electron chi connectivity index (χ1n) is 10.7. The first-order chi connectivity index (χ1) is 16.0. The number of benzene rings is 3. The highest BCUT2D eigenvalue weighted by atomic mass is 19.1. The van der Waals surface area contributed by atoms with Crippen LogP contribution in [0.3, 0.4) is 0 Å². The Hall–Kier alpha value is -4.13. The van der Waals surface area contributed by atoms with Crippen molar-refractivity contribution in [2.75, 3.05) is 11.9 Å². The Balaban J connectivity index is 1.43. The Morgan fingerprint density at radius 2 is 1.76 bits per heavy atom. The number of carbonyl (C=O) groups is 2. The van der Waals surface area contributed by atoms with Gasteiger partial charge in [-0.15, -0.1) is 0 Å². The minimum atomic E-state index is -0.517. The monoisotopic (exact) mass is 445 g/mol. The Morgan fingerprint density at radius 3 is 2.48 bits per heavy atom.